The lowest BCUT2D eigenvalue weighted by molar-refractivity contribution is 0.389. The van der Waals surface area contributed by atoms with E-state index in [4.69, 9.17) is 9.47 Å². The van der Waals surface area contributed by atoms with Gasteiger partial charge >= 0.3 is 0 Å². The molecule has 0 radical (unpaired) electrons. The molecule has 1 aromatic rings. The second kappa shape index (κ2) is 6.64. The predicted molar refractivity (Wildman–Crippen MR) is 76.0 cm³/mol. The van der Waals surface area contributed by atoms with Gasteiger partial charge in [0.25, 0.3) is 0 Å². The maximum absolute atomic E-state index is 5.48. The smallest absolute Gasteiger partial charge is 0.148 e. The molecule has 1 aromatic carbocycles. The first-order valence-corrected chi connectivity index (χ1v) is 6.32. The van der Waals surface area contributed by atoms with Crippen LogP contribution in [-0.2, 0) is 0 Å². The highest BCUT2D eigenvalue weighted by Gasteiger charge is 2.13. The lowest BCUT2D eigenvalue weighted by atomic mass is 10.1. The standard InChI is InChI=1S/C13H21NO2S/c1-10-12(15-3)7-6-11(13(10)16-4)14(2)8-5-9-17/h6-7,17H,5,8-9H2,1-4H3. The van der Waals surface area contributed by atoms with Crippen LogP contribution in [0.2, 0.25) is 0 Å². The molecule has 0 bridgehead atoms. The van der Waals surface area contributed by atoms with Crippen LogP contribution >= 0.6 is 12.6 Å². The van der Waals surface area contributed by atoms with E-state index in [1.807, 2.05) is 19.1 Å². The minimum absolute atomic E-state index is 0.855. The Labute approximate surface area is 109 Å². The Kier molecular flexibility index (Phi) is 5.48. The fraction of sp³-hybridized carbons (Fsp3) is 0.538. The van der Waals surface area contributed by atoms with Gasteiger partial charge in [-0.15, -0.1) is 0 Å². The molecule has 0 saturated carbocycles. The van der Waals surface area contributed by atoms with Crippen LogP contribution in [0.15, 0.2) is 12.1 Å². The molecule has 3 nitrogen and oxygen atoms in total. The second-order valence-corrected chi connectivity index (χ2v) is 4.39. The van der Waals surface area contributed by atoms with Crippen LogP contribution in [0.4, 0.5) is 5.69 Å². The van der Waals surface area contributed by atoms with Crippen molar-refractivity contribution in [3.63, 3.8) is 0 Å². The van der Waals surface area contributed by atoms with Gasteiger partial charge in [0.15, 0.2) is 0 Å². The highest BCUT2D eigenvalue weighted by Crippen LogP contribution is 2.36. The van der Waals surface area contributed by atoms with Crippen molar-refractivity contribution in [1.82, 2.24) is 0 Å². The van der Waals surface area contributed by atoms with Gasteiger partial charge in [-0.3, -0.25) is 0 Å². The van der Waals surface area contributed by atoms with E-state index in [2.05, 4.69) is 24.6 Å². The molecule has 0 unspecified atom stereocenters. The molecule has 1 rings (SSSR count). The third-order valence-corrected chi connectivity index (χ3v) is 3.14. The lowest BCUT2D eigenvalue weighted by Gasteiger charge is -2.23. The summed E-state index contributed by atoms with van der Waals surface area (Å²) in [5.41, 5.74) is 2.12. The Morgan fingerprint density at radius 2 is 1.94 bits per heavy atom. The highest BCUT2D eigenvalue weighted by atomic mass is 32.1. The first-order chi connectivity index (χ1) is 8.15. The summed E-state index contributed by atoms with van der Waals surface area (Å²) in [7, 11) is 5.43. The van der Waals surface area contributed by atoms with Gasteiger partial charge < -0.3 is 14.4 Å². The fourth-order valence-electron chi connectivity index (χ4n) is 1.87. The summed E-state index contributed by atoms with van der Waals surface area (Å²) in [6.07, 6.45) is 1.05. The summed E-state index contributed by atoms with van der Waals surface area (Å²) in [6, 6.07) is 4.01. The fourth-order valence-corrected chi connectivity index (χ4v) is 2.01. The molecule has 0 aliphatic carbocycles. The summed E-state index contributed by atoms with van der Waals surface area (Å²) >= 11 is 4.23. The number of anilines is 1. The Morgan fingerprint density at radius 1 is 1.24 bits per heavy atom. The largest absolute Gasteiger partial charge is 0.496 e. The zero-order chi connectivity index (χ0) is 12.8. The molecule has 0 spiro atoms. The van der Waals surface area contributed by atoms with Crippen molar-refractivity contribution in [1.29, 1.82) is 0 Å². The summed E-state index contributed by atoms with van der Waals surface area (Å²) < 4.78 is 10.8. The third kappa shape index (κ3) is 3.22. The van der Waals surface area contributed by atoms with Gasteiger partial charge in [-0.25, -0.2) is 0 Å². The lowest BCUT2D eigenvalue weighted by Crippen LogP contribution is -2.19. The molecule has 0 aliphatic rings. The number of hydrogen-bond acceptors (Lipinski definition) is 4. The topological polar surface area (TPSA) is 21.7 Å². The average molecular weight is 255 g/mol. The molecular formula is C13H21NO2S. The number of ether oxygens (including phenoxy) is 2. The van der Waals surface area contributed by atoms with Gasteiger partial charge in [0.05, 0.1) is 19.9 Å². The van der Waals surface area contributed by atoms with Crippen molar-refractivity contribution >= 4 is 18.3 Å². The quantitative estimate of drug-likeness (QED) is 0.790. The van der Waals surface area contributed by atoms with Gasteiger partial charge in [0.2, 0.25) is 0 Å². The van der Waals surface area contributed by atoms with Crippen LogP contribution in [-0.4, -0.2) is 33.6 Å². The Balaban J connectivity index is 3.03. The van der Waals surface area contributed by atoms with Crippen molar-refractivity contribution in [3.05, 3.63) is 17.7 Å². The van der Waals surface area contributed by atoms with E-state index in [0.717, 1.165) is 41.5 Å². The Hall–Kier alpha value is -1.03. The molecule has 4 heteroatoms. The SMILES string of the molecule is COc1ccc(N(C)CCCS)c(OC)c1C. The van der Waals surface area contributed by atoms with Crippen molar-refractivity contribution in [2.24, 2.45) is 0 Å². The number of benzene rings is 1. The first kappa shape index (κ1) is 14.0. The Bertz CT molecular complexity index is 369. The summed E-state index contributed by atoms with van der Waals surface area (Å²) in [5, 5.41) is 0. The summed E-state index contributed by atoms with van der Waals surface area (Å²) in [5.74, 6) is 2.63. The van der Waals surface area contributed by atoms with Crippen molar-refractivity contribution in [2.45, 2.75) is 13.3 Å². The van der Waals surface area contributed by atoms with Crippen LogP contribution in [0.25, 0.3) is 0 Å². The minimum atomic E-state index is 0.855. The molecule has 96 valence electrons. The molecule has 0 saturated heterocycles. The van der Waals surface area contributed by atoms with Gasteiger partial charge in [-0.1, -0.05) is 0 Å². The second-order valence-electron chi connectivity index (χ2n) is 3.94. The van der Waals surface area contributed by atoms with Crippen molar-refractivity contribution < 1.29 is 9.47 Å². The molecule has 17 heavy (non-hydrogen) atoms. The molecule has 0 aliphatic heterocycles. The van der Waals surface area contributed by atoms with Crippen LogP contribution in [0, 0.1) is 6.92 Å². The van der Waals surface area contributed by atoms with E-state index >= 15 is 0 Å². The number of rotatable bonds is 6. The van der Waals surface area contributed by atoms with Crippen LogP contribution in [0.5, 0.6) is 11.5 Å². The van der Waals surface area contributed by atoms with E-state index in [1.54, 1.807) is 14.2 Å². The number of nitrogens with zero attached hydrogens (tertiary/aromatic N) is 1. The maximum atomic E-state index is 5.48. The molecule has 0 fully saturated rings. The van der Waals surface area contributed by atoms with E-state index in [1.165, 1.54) is 0 Å². The zero-order valence-corrected chi connectivity index (χ0v) is 11.9. The normalized spacial score (nSPS) is 10.2. The van der Waals surface area contributed by atoms with Crippen molar-refractivity contribution in [3.8, 4) is 11.5 Å². The molecule has 0 amide bonds. The van der Waals surface area contributed by atoms with E-state index in [-0.39, 0.29) is 0 Å². The monoisotopic (exact) mass is 255 g/mol. The van der Waals surface area contributed by atoms with Gasteiger partial charge in [-0.05, 0) is 31.2 Å². The van der Waals surface area contributed by atoms with Crippen LogP contribution < -0.4 is 14.4 Å². The average Bonchev–Trinajstić information content (AvgIpc) is 2.35. The third-order valence-electron chi connectivity index (χ3n) is 2.82. The molecule has 0 N–H and O–H groups in total. The molecule has 0 aromatic heterocycles. The first-order valence-electron chi connectivity index (χ1n) is 5.69. The number of thiol groups is 1. The minimum Gasteiger partial charge on any atom is -0.496 e. The molecular weight excluding hydrogens is 234 g/mol. The summed E-state index contributed by atoms with van der Waals surface area (Å²) in [6.45, 7) is 2.97. The van der Waals surface area contributed by atoms with E-state index in [9.17, 15) is 0 Å². The predicted octanol–water partition coefficient (Wildman–Crippen LogP) is 2.77. The number of methoxy groups -OCH3 is 2. The van der Waals surface area contributed by atoms with Crippen LogP contribution in [0.3, 0.4) is 0 Å². The van der Waals surface area contributed by atoms with Gasteiger partial charge in [-0.2, -0.15) is 12.6 Å². The maximum Gasteiger partial charge on any atom is 0.148 e. The summed E-state index contributed by atoms with van der Waals surface area (Å²) in [4.78, 5) is 2.18. The van der Waals surface area contributed by atoms with Gasteiger partial charge in [0, 0.05) is 19.2 Å². The van der Waals surface area contributed by atoms with Crippen LogP contribution in [0.1, 0.15) is 12.0 Å². The van der Waals surface area contributed by atoms with Crippen molar-refractivity contribution in [2.75, 3.05) is 38.5 Å². The Morgan fingerprint density at radius 3 is 2.47 bits per heavy atom. The van der Waals surface area contributed by atoms with E-state index in [0.29, 0.717) is 0 Å². The highest BCUT2D eigenvalue weighted by molar-refractivity contribution is 7.80. The number of hydrogen-bond donors (Lipinski definition) is 1. The van der Waals surface area contributed by atoms with E-state index < -0.39 is 0 Å². The molecule has 0 atom stereocenters. The zero-order valence-electron chi connectivity index (χ0n) is 11.0. The molecule has 0 heterocycles. The van der Waals surface area contributed by atoms with Gasteiger partial charge in [0.1, 0.15) is 11.5 Å².